The van der Waals surface area contributed by atoms with E-state index in [0.29, 0.717) is 18.9 Å². The van der Waals surface area contributed by atoms with Gasteiger partial charge in [-0.2, -0.15) is 0 Å². The largest absolute Gasteiger partial charge is 0.479 e. The third-order valence-corrected chi connectivity index (χ3v) is 9.25. The highest BCUT2D eigenvalue weighted by Crippen LogP contribution is 2.47. The molecule has 0 amide bonds. The summed E-state index contributed by atoms with van der Waals surface area (Å²) in [5, 5.41) is 0. The number of hydrogen-bond acceptors (Lipinski definition) is 6. The van der Waals surface area contributed by atoms with Crippen molar-refractivity contribution in [3.8, 4) is 5.75 Å². The minimum atomic E-state index is -0.556. The van der Waals surface area contributed by atoms with Crippen molar-refractivity contribution in [2.75, 3.05) is 48.0 Å². The van der Waals surface area contributed by atoms with Crippen LogP contribution in [-0.2, 0) is 33.9 Å². The second-order valence-corrected chi connectivity index (χ2v) is 13.1. The lowest BCUT2D eigenvalue weighted by Crippen LogP contribution is -2.28. The smallest absolute Gasteiger partial charge is 0.187 e. The summed E-state index contributed by atoms with van der Waals surface area (Å²) in [6.45, 7) is 10.3. The molecule has 0 radical (unpaired) electrons. The van der Waals surface area contributed by atoms with Crippen LogP contribution in [0.15, 0.2) is 84.9 Å². The lowest BCUT2D eigenvalue weighted by Gasteiger charge is -2.31. The van der Waals surface area contributed by atoms with Gasteiger partial charge in [0.05, 0.1) is 19.8 Å². The summed E-state index contributed by atoms with van der Waals surface area (Å²) >= 11 is 0. The van der Waals surface area contributed by atoms with Crippen LogP contribution in [0.3, 0.4) is 0 Å². The Balaban J connectivity index is 0.000000191. The maximum atomic E-state index is 13.4. The molecule has 6 rings (SSSR count). The van der Waals surface area contributed by atoms with Gasteiger partial charge in [0.25, 0.3) is 0 Å². The topological polar surface area (TPSA) is 64.5 Å². The van der Waals surface area contributed by atoms with E-state index in [1.165, 1.54) is 24.3 Å². The van der Waals surface area contributed by atoms with E-state index in [0.717, 1.165) is 77.9 Å². The average molecular weight is 669 g/mol. The second-order valence-electron chi connectivity index (χ2n) is 13.1. The molecule has 7 nitrogen and oxygen atoms in total. The van der Waals surface area contributed by atoms with E-state index in [1.807, 2.05) is 60.7 Å². The molecule has 2 unspecified atom stereocenters. The molecule has 0 bridgehead atoms. The van der Waals surface area contributed by atoms with Crippen molar-refractivity contribution in [2.45, 2.75) is 50.1 Å². The van der Waals surface area contributed by atoms with Crippen LogP contribution < -0.4 is 10.5 Å². The molecule has 0 saturated heterocycles. The van der Waals surface area contributed by atoms with Crippen LogP contribution >= 0.6 is 0 Å². The number of nitrogens with zero attached hydrogens (tertiary/aromatic N) is 3. The predicted molar refractivity (Wildman–Crippen MR) is 188 cm³/mol. The molecule has 0 aromatic heterocycles. The third-order valence-electron chi connectivity index (χ3n) is 9.25. The van der Waals surface area contributed by atoms with Gasteiger partial charge in [0.2, 0.25) is 0 Å². The zero-order valence-electron chi connectivity index (χ0n) is 28.8. The molecule has 2 N–H and O–H groups in total. The van der Waals surface area contributed by atoms with Crippen LogP contribution in [0.5, 0.6) is 5.75 Å². The third kappa shape index (κ3) is 8.18. The number of hydrogen-bond donors (Lipinski definition) is 1. The quantitative estimate of drug-likeness (QED) is 0.123. The molecular formula is C40H46F2N4O3. The van der Waals surface area contributed by atoms with Gasteiger partial charge in [-0.15, -0.1) is 0 Å². The molecule has 4 aromatic rings. The monoisotopic (exact) mass is 668 g/mol. The molecule has 49 heavy (non-hydrogen) atoms. The van der Waals surface area contributed by atoms with Gasteiger partial charge in [-0.1, -0.05) is 48.5 Å². The van der Waals surface area contributed by atoms with E-state index in [1.54, 1.807) is 0 Å². The molecule has 9 heteroatoms. The number of fused-ring (bicyclic) bond motifs is 2. The number of ether oxygens (including phenoxy) is 3. The van der Waals surface area contributed by atoms with Crippen molar-refractivity contribution >= 4 is 5.69 Å². The second kappa shape index (κ2) is 16.0. The van der Waals surface area contributed by atoms with Crippen molar-refractivity contribution in [1.82, 2.24) is 9.80 Å². The zero-order valence-corrected chi connectivity index (χ0v) is 28.8. The van der Waals surface area contributed by atoms with Crippen LogP contribution in [0.4, 0.5) is 14.5 Å². The summed E-state index contributed by atoms with van der Waals surface area (Å²) in [6, 6.07) is 24.9. The predicted octanol–water partition coefficient (Wildman–Crippen LogP) is 7.73. The molecular weight excluding hydrogens is 622 g/mol. The molecule has 0 fully saturated rings. The Labute approximate surface area is 289 Å². The summed E-state index contributed by atoms with van der Waals surface area (Å²) in [6.07, 6.45) is 3.60. The summed E-state index contributed by atoms with van der Waals surface area (Å²) in [5.41, 5.74) is 11.3. The highest BCUT2D eigenvalue weighted by molar-refractivity contribution is 5.54. The Bertz CT molecular complexity index is 1740. The molecule has 0 spiro atoms. The molecule has 2 aliphatic heterocycles. The summed E-state index contributed by atoms with van der Waals surface area (Å²) in [5.74, 6) is 0.258. The first-order valence-corrected chi connectivity index (χ1v) is 16.7. The van der Waals surface area contributed by atoms with E-state index in [4.69, 9.17) is 26.5 Å². The van der Waals surface area contributed by atoms with Gasteiger partial charge in [-0.05, 0) is 137 Å². The average Bonchev–Trinajstić information content (AvgIpc) is 3.64. The molecule has 2 heterocycles. The van der Waals surface area contributed by atoms with E-state index < -0.39 is 11.2 Å². The molecule has 0 saturated carbocycles. The van der Waals surface area contributed by atoms with Crippen LogP contribution in [0.25, 0.3) is 4.85 Å². The summed E-state index contributed by atoms with van der Waals surface area (Å²) < 4.78 is 44.8. The Morgan fingerprint density at radius 3 is 1.63 bits per heavy atom. The molecule has 2 atom stereocenters. The van der Waals surface area contributed by atoms with Crippen molar-refractivity contribution in [3.05, 3.63) is 141 Å². The van der Waals surface area contributed by atoms with Crippen molar-refractivity contribution in [2.24, 2.45) is 5.73 Å². The Morgan fingerprint density at radius 1 is 0.714 bits per heavy atom. The summed E-state index contributed by atoms with van der Waals surface area (Å²) in [7, 11) is 8.22. The van der Waals surface area contributed by atoms with Crippen LogP contribution in [0, 0.1) is 18.2 Å². The highest BCUT2D eigenvalue weighted by atomic mass is 19.1. The van der Waals surface area contributed by atoms with Crippen molar-refractivity contribution in [3.63, 3.8) is 0 Å². The fourth-order valence-corrected chi connectivity index (χ4v) is 6.90. The number of rotatable bonds is 12. The summed E-state index contributed by atoms with van der Waals surface area (Å²) in [4.78, 5) is 7.81. The lowest BCUT2D eigenvalue weighted by atomic mass is 9.82. The zero-order chi connectivity index (χ0) is 35.0. The Kier molecular flexibility index (Phi) is 11.8. The first kappa shape index (κ1) is 36.1. The first-order valence-electron chi connectivity index (χ1n) is 16.7. The van der Waals surface area contributed by atoms with E-state index in [9.17, 15) is 8.78 Å². The first-order chi connectivity index (χ1) is 23.6. The SMILES string of the molecule is CN(C)CCCC1(c2ccc(F)cc2)OCc2cc(OCN)ccc21.[C-]#[N+]c1ccc2c(c1)COC2(CCCN(C)C)c1ccc(F)cc1. The number of nitrogens with two attached hydrogens (primary N) is 1. The van der Waals surface area contributed by atoms with Crippen molar-refractivity contribution in [1.29, 1.82) is 0 Å². The van der Waals surface area contributed by atoms with Crippen LogP contribution in [0.1, 0.15) is 59.1 Å². The number of benzene rings is 4. The Hall–Kier alpha value is -4.17. The molecule has 2 aliphatic rings. The normalized spacial score (nSPS) is 19.3. The molecule has 4 aromatic carbocycles. The Morgan fingerprint density at radius 2 is 1.18 bits per heavy atom. The van der Waals surface area contributed by atoms with Gasteiger partial charge >= 0.3 is 0 Å². The lowest BCUT2D eigenvalue weighted by molar-refractivity contribution is -0.0141. The molecule has 0 aliphatic carbocycles. The van der Waals surface area contributed by atoms with E-state index in [-0.39, 0.29) is 18.4 Å². The molecule has 258 valence electrons. The van der Waals surface area contributed by atoms with Gasteiger partial charge in [0.1, 0.15) is 35.3 Å². The fraction of sp³-hybridized carbons (Fsp3) is 0.375. The standard InChI is InChI=1S/C20H25FN2O2.C20H21FN2O/c1-23(2)11-3-10-20(16-4-6-17(21)7-5-16)19-9-8-18(24-14-22)12-15(19)13-25-20;1-22-18-9-10-19-15(13-18)14-24-20(19,11-4-12-23(2)3)16-5-7-17(21)8-6-16/h4-9,12H,3,10-11,13-14,22H2,1-2H3;5-10,13H,4,11-12,14H2,2-3H3. The van der Waals surface area contributed by atoms with Gasteiger partial charge in [0.15, 0.2) is 5.69 Å². The van der Waals surface area contributed by atoms with E-state index >= 15 is 0 Å². The highest BCUT2D eigenvalue weighted by Gasteiger charge is 2.42. The van der Waals surface area contributed by atoms with Gasteiger partial charge in [0, 0.05) is 0 Å². The van der Waals surface area contributed by atoms with Crippen LogP contribution in [0.2, 0.25) is 0 Å². The van der Waals surface area contributed by atoms with E-state index in [2.05, 4.69) is 42.8 Å². The van der Waals surface area contributed by atoms with Gasteiger partial charge in [-0.3, -0.25) is 5.73 Å². The van der Waals surface area contributed by atoms with Gasteiger partial charge in [-0.25, -0.2) is 13.6 Å². The maximum absolute atomic E-state index is 13.4. The van der Waals surface area contributed by atoms with Crippen molar-refractivity contribution < 1.29 is 23.0 Å². The minimum absolute atomic E-state index is 0.144. The number of halogens is 2. The van der Waals surface area contributed by atoms with Crippen LogP contribution in [-0.4, -0.2) is 57.8 Å². The fourth-order valence-electron chi connectivity index (χ4n) is 6.90. The maximum Gasteiger partial charge on any atom is 0.187 e. The van der Waals surface area contributed by atoms with Gasteiger partial charge < -0.3 is 24.0 Å². The minimum Gasteiger partial charge on any atom is -0.479 e.